The van der Waals surface area contributed by atoms with E-state index in [1.54, 1.807) is 18.2 Å². The number of anilines is 1. The van der Waals surface area contributed by atoms with Crippen LogP contribution >= 0.6 is 22.9 Å². The maximum absolute atomic E-state index is 14.7. The van der Waals surface area contributed by atoms with E-state index in [2.05, 4.69) is 16.0 Å². The molecule has 0 unspecified atom stereocenters. The van der Waals surface area contributed by atoms with Crippen LogP contribution in [0.4, 0.5) is 14.9 Å². The van der Waals surface area contributed by atoms with Gasteiger partial charge in [-0.25, -0.2) is 9.18 Å². The van der Waals surface area contributed by atoms with Crippen molar-refractivity contribution in [2.24, 2.45) is 0 Å². The molecule has 1 saturated carbocycles. The van der Waals surface area contributed by atoms with Crippen molar-refractivity contribution in [3.05, 3.63) is 50.9 Å². The molecular formula is C21H22ClFN4O3S. The van der Waals surface area contributed by atoms with Gasteiger partial charge in [-0.15, -0.1) is 11.3 Å². The Morgan fingerprint density at radius 2 is 1.84 bits per heavy atom. The topological polar surface area (TPSA) is 90.5 Å². The van der Waals surface area contributed by atoms with Crippen LogP contribution in [0.3, 0.4) is 0 Å². The highest BCUT2D eigenvalue weighted by atomic mass is 35.5. The number of thiophene rings is 1. The number of nitrogens with zero attached hydrogens (tertiary/aromatic N) is 1. The highest BCUT2D eigenvalue weighted by Crippen LogP contribution is 2.25. The Morgan fingerprint density at radius 1 is 1.10 bits per heavy atom. The molecular weight excluding hydrogens is 443 g/mol. The molecule has 1 aliphatic carbocycles. The standard InChI is InChI=1S/C21H22ClFN4O3S/c22-18-8-7-17(31-18)20(29)26-16-4-1-3-15(16)25-19(28)13-6-5-12(11-14(13)23)27-10-2-9-24-21(27)30/h5-8,11,15-16H,1-4,9-10H2,(H,24,30)(H,25,28)(H,26,29)/t15-,16+/m0/s1. The second kappa shape index (κ2) is 9.23. The largest absolute Gasteiger partial charge is 0.347 e. The summed E-state index contributed by atoms with van der Waals surface area (Å²) >= 11 is 7.08. The van der Waals surface area contributed by atoms with E-state index in [1.165, 1.54) is 28.4 Å². The predicted octanol–water partition coefficient (Wildman–Crippen LogP) is 3.54. The molecule has 2 heterocycles. The van der Waals surface area contributed by atoms with Crippen molar-refractivity contribution in [1.82, 2.24) is 16.0 Å². The highest BCUT2D eigenvalue weighted by molar-refractivity contribution is 7.18. The minimum absolute atomic E-state index is 0.0943. The van der Waals surface area contributed by atoms with E-state index in [0.717, 1.165) is 19.3 Å². The Morgan fingerprint density at radius 3 is 2.48 bits per heavy atom. The van der Waals surface area contributed by atoms with E-state index in [0.29, 0.717) is 34.4 Å². The minimum Gasteiger partial charge on any atom is -0.347 e. The number of benzene rings is 1. The maximum Gasteiger partial charge on any atom is 0.321 e. The molecule has 4 rings (SSSR count). The number of carbonyl (C=O) groups excluding carboxylic acids is 3. The molecule has 7 nitrogen and oxygen atoms in total. The van der Waals surface area contributed by atoms with E-state index in [1.807, 2.05) is 0 Å². The molecule has 3 N–H and O–H groups in total. The van der Waals surface area contributed by atoms with Crippen molar-refractivity contribution in [3.63, 3.8) is 0 Å². The van der Waals surface area contributed by atoms with Crippen molar-refractivity contribution >= 4 is 46.5 Å². The number of urea groups is 1. The second-order valence-corrected chi connectivity index (χ2v) is 9.31. The molecule has 2 aromatic rings. The lowest BCUT2D eigenvalue weighted by Crippen LogP contribution is -2.48. The molecule has 2 aliphatic rings. The quantitative estimate of drug-likeness (QED) is 0.632. The first-order chi connectivity index (χ1) is 14.9. The summed E-state index contributed by atoms with van der Waals surface area (Å²) in [4.78, 5) is 39.0. The number of rotatable bonds is 5. The third-order valence-electron chi connectivity index (χ3n) is 5.53. The molecule has 10 heteroatoms. The van der Waals surface area contributed by atoms with Gasteiger partial charge in [0.05, 0.1) is 14.8 Å². The first-order valence-corrected chi connectivity index (χ1v) is 11.3. The fraction of sp³-hybridized carbons (Fsp3) is 0.381. The molecule has 1 saturated heterocycles. The maximum atomic E-state index is 14.7. The lowest BCUT2D eigenvalue weighted by Gasteiger charge is -2.27. The summed E-state index contributed by atoms with van der Waals surface area (Å²) in [5.74, 6) is -1.48. The second-order valence-electron chi connectivity index (χ2n) is 7.60. The van der Waals surface area contributed by atoms with Gasteiger partial charge in [-0.3, -0.25) is 14.5 Å². The lowest BCUT2D eigenvalue weighted by atomic mass is 10.1. The van der Waals surface area contributed by atoms with Gasteiger partial charge in [0.15, 0.2) is 0 Å². The summed E-state index contributed by atoms with van der Waals surface area (Å²) in [6.45, 7) is 1.09. The van der Waals surface area contributed by atoms with Crippen LogP contribution in [0.1, 0.15) is 45.7 Å². The Balaban J connectivity index is 1.41. The van der Waals surface area contributed by atoms with E-state index in [-0.39, 0.29) is 29.6 Å². The number of nitrogens with one attached hydrogen (secondary N) is 3. The van der Waals surface area contributed by atoms with Crippen molar-refractivity contribution in [3.8, 4) is 0 Å². The van der Waals surface area contributed by atoms with E-state index in [4.69, 9.17) is 11.6 Å². The summed E-state index contributed by atoms with van der Waals surface area (Å²) in [6, 6.07) is 6.67. The van der Waals surface area contributed by atoms with Gasteiger partial charge < -0.3 is 16.0 Å². The van der Waals surface area contributed by atoms with E-state index < -0.39 is 11.7 Å². The third kappa shape index (κ3) is 4.83. The van der Waals surface area contributed by atoms with Crippen molar-refractivity contribution in [1.29, 1.82) is 0 Å². The minimum atomic E-state index is -0.694. The first kappa shape index (κ1) is 21.6. The van der Waals surface area contributed by atoms with Gasteiger partial charge in [-0.05, 0) is 56.0 Å². The molecule has 0 radical (unpaired) electrons. The van der Waals surface area contributed by atoms with Gasteiger partial charge in [0.2, 0.25) is 0 Å². The molecule has 2 atom stereocenters. The highest BCUT2D eigenvalue weighted by Gasteiger charge is 2.31. The molecule has 31 heavy (non-hydrogen) atoms. The molecule has 2 fully saturated rings. The van der Waals surface area contributed by atoms with Gasteiger partial charge in [0.1, 0.15) is 5.82 Å². The summed E-state index contributed by atoms with van der Waals surface area (Å²) in [7, 11) is 0. The zero-order chi connectivity index (χ0) is 22.0. The van der Waals surface area contributed by atoms with Crippen LogP contribution in [0.25, 0.3) is 0 Å². The van der Waals surface area contributed by atoms with Crippen LogP contribution < -0.4 is 20.9 Å². The summed E-state index contributed by atoms with van der Waals surface area (Å²) in [5.41, 5.74) is 0.315. The number of hydrogen-bond acceptors (Lipinski definition) is 4. The zero-order valence-corrected chi connectivity index (χ0v) is 18.2. The fourth-order valence-electron chi connectivity index (χ4n) is 3.96. The molecule has 0 spiro atoms. The molecule has 1 aromatic carbocycles. The predicted molar refractivity (Wildman–Crippen MR) is 117 cm³/mol. The van der Waals surface area contributed by atoms with Gasteiger partial charge in [0, 0.05) is 30.9 Å². The van der Waals surface area contributed by atoms with Crippen molar-refractivity contribution in [2.75, 3.05) is 18.0 Å². The average molecular weight is 465 g/mol. The summed E-state index contributed by atoms with van der Waals surface area (Å²) in [5, 5.41) is 8.50. The van der Waals surface area contributed by atoms with Crippen molar-refractivity contribution < 1.29 is 18.8 Å². The molecule has 164 valence electrons. The smallest absolute Gasteiger partial charge is 0.321 e. The monoisotopic (exact) mass is 464 g/mol. The average Bonchev–Trinajstić information content (AvgIpc) is 3.37. The van der Waals surface area contributed by atoms with Crippen LogP contribution in [-0.2, 0) is 0 Å². The van der Waals surface area contributed by atoms with Gasteiger partial charge in [-0.2, -0.15) is 0 Å². The summed E-state index contributed by atoms with van der Waals surface area (Å²) in [6.07, 6.45) is 3.02. The van der Waals surface area contributed by atoms with Crippen molar-refractivity contribution in [2.45, 2.75) is 37.8 Å². The third-order valence-corrected chi connectivity index (χ3v) is 6.76. The normalized spacial score (nSPS) is 21.0. The first-order valence-electron chi connectivity index (χ1n) is 10.1. The van der Waals surface area contributed by atoms with Gasteiger partial charge in [-0.1, -0.05) is 11.6 Å². The van der Waals surface area contributed by atoms with Crippen LogP contribution in [0.2, 0.25) is 4.34 Å². The Kier molecular flexibility index (Phi) is 6.43. The fourth-order valence-corrected chi connectivity index (χ4v) is 4.91. The number of hydrogen-bond donors (Lipinski definition) is 3. The van der Waals surface area contributed by atoms with Crippen LogP contribution in [0, 0.1) is 5.82 Å². The number of amides is 4. The Labute approximate surface area is 187 Å². The Hall–Kier alpha value is -2.65. The Bertz CT molecular complexity index is 1010. The SMILES string of the molecule is O=C(N[C@@H]1CCC[C@@H]1NC(=O)c1ccc(N2CCCNC2=O)cc1F)c1ccc(Cl)s1. The zero-order valence-electron chi connectivity index (χ0n) is 16.6. The molecule has 0 bridgehead atoms. The van der Waals surface area contributed by atoms with Gasteiger partial charge in [0.25, 0.3) is 11.8 Å². The van der Waals surface area contributed by atoms with E-state index in [9.17, 15) is 18.8 Å². The molecule has 1 aliphatic heterocycles. The lowest BCUT2D eigenvalue weighted by molar-refractivity contribution is 0.0891. The van der Waals surface area contributed by atoms with Crippen LogP contribution in [0.15, 0.2) is 30.3 Å². The summed E-state index contributed by atoms with van der Waals surface area (Å²) < 4.78 is 15.2. The molecule has 1 aromatic heterocycles. The van der Waals surface area contributed by atoms with Crippen LogP contribution in [-0.4, -0.2) is 43.0 Å². The van der Waals surface area contributed by atoms with Gasteiger partial charge >= 0.3 is 6.03 Å². The van der Waals surface area contributed by atoms with E-state index >= 15 is 0 Å². The number of halogens is 2. The number of carbonyl (C=O) groups is 3. The van der Waals surface area contributed by atoms with Crippen LogP contribution in [0.5, 0.6) is 0 Å². The molecule has 4 amide bonds.